The number of aromatic nitrogens is 4. The first-order chi connectivity index (χ1) is 17.3. The molecule has 0 radical (unpaired) electrons. The van der Waals surface area contributed by atoms with Crippen molar-refractivity contribution >= 4 is 28.8 Å². The zero-order valence-electron chi connectivity index (χ0n) is 20.0. The van der Waals surface area contributed by atoms with Crippen LogP contribution in [0.15, 0.2) is 36.9 Å². The lowest BCUT2D eigenvalue weighted by molar-refractivity contribution is -0.204. The van der Waals surface area contributed by atoms with E-state index < -0.39 is 17.6 Å². The highest BCUT2D eigenvalue weighted by Crippen LogP contribution is 2.47. The summed E-state index contributed by atoms with van der Waals surface area (Å²) in [7, 11) is 0. The third-order valence-corrected chi connectivity index (χ3v) is 6.85. The maximum atomic E-state index is 12.5. The van der Waals surface area contributed by atoms with Crippen LogP contribution in [0.2, 0.25) is 0 Å². The predicted octanol–water partition coefficient (Wildman–Crippen LogP) is 0.888. The number of nitrogens with one attached hydrogen (secondary N) is 1. The van der Waals surface area contributed by atoms with Gasteiger partial charge in [0.2, 0.25) is 5.72 Å². The van der Waals surface area contributed by atoms with E-state index in [1.165, 1.54) is 11.2 Å². The zero-order chi connectivity index (χ0) is 25.1. The summed E-state index contributed by atoms with van der Waals surface area (Å²) in [5, 5.41) is 3.37. The van der Waals surface area contributed by atoms with Crippen molar-refractivity contribution < 1.29 is 23.8 Å². The molecule has 12 heteroatoms. The highest BCUT2D eigenvalue weighted by molar-refractivity contribution is 6.21. The quantitative estimate of drug-likeness (QED) is 0.359. The van der Waals surface area contributed by atoms with Gasteiger partial charge in [-0.15, -0.1) is 0 Å². The minimum atomic E-state index is -0.953. The van der Waals surface area contributed by atoms with Crippen LogP contribution in [0.25, 0.3) is 11.2 Å². The Morgan fingerprint density at radius 2 is 1.89 bits per heavy atom. The Bertz CT molecular complexity index is 1320. The van der Waals surface area contributed by atoms with Crippen LogP contribution in [-0.4, -0.2) is 80.5 Å². The second kappa shape index (κ2) is 8.30. The number of hydrogen-bond acceptors (Lipinski definition) is 10. The van der Waals surface area contributed by atoms with Crippen LogP contribution in [0, 0.1) is 0 Å². The van der Waals surface area contributed by atoms with Gasteiger partial charge in [-0.1, -0.05) is 12.1 Å². The molecule has 5 heterocycles. The second-order valence-corrected chi connectivity index (χ2v) is 9.65. The summed E-state index contributed by atoms with van der Waals surface area (Å²) in [6.07, 6.45) is 2.91. The van der Waals surface area contributed by atoms with Crippen molar-refractivity contribution in [3.63, 3.8) is 0 Å². The summed E-state index contributed by atoms with van der Waals surface area (Å²) < 4.78 is 20.6. The number of imide groups is 1. The average Bonchev–Trinajstić information content (AvgIpc) is 3.56. The van der Waals surface area contributed by atoms with Gasteiger partial charge >= 0.3 is 0 Å². The molecule has 188 valence electrons. The first-order valence-corrected chi connectivity index (χ1v) is 11.9. The summed E-state index contributed by atoms with van der Waals surface area (Å²) in [5.41, 5.74) is 7.00. The van der Waals surface area contributed by atoms with Gasteiger partial charge in [-0.05, 0) is 38.9 Å². The van der Waals surface area contributed by atoms with E-state index in [2.05, 4.69) is 20.3 Å². The molecule has 3 N–H and O–H groups in total. The van der Waals surface area contributed by atoms with Crippen molar-refractivity contribution in [2.75, 3.05) is 32.0 Å². The smallest absolute Gasteiger partial charge is 0.261 e. The maximum Gasteiger partial charge on any atom is 0.261 e. The van der Waals surface area contributed by atoms with Crippen LogP contribution in [0.4, 0.5) is 5.82 Å². The minimum Gasteiger partial charge on any atom is -0.382 e. The van der Waals surface area contributed by atoms with Gasteiger partial charge in [0.1, 0.15) is 24.1 Å². The number of imidazole rings is 1. The molecule has 1 aromatic carbocycles. The molecule has 3 aliphatic heterocycles. The van der Waals surface area contributed by atoms with Crippen molar-refractivity contribution in [1.29, 1.82) is 0 Å². The Kier molecular flexibility index (Phi) is 5.30. The van der Waals surface area contributed by atoms with Gasteiger partial charge in [-0.2, -0.15) is 0 Å². The molecule has 12 nitrogen and oxygen atoms in total. The van der Waals surface area contributed by atoms with Crippen LogP contribution < -0.4 is 11.1 Å². The van der Waals surface area contributed by atoms with Crippen LogP contribution in [0.5, 0.6) is 0 Å². The number of anilines is 1. The van der Waals surface area contributed by atoms with Crippen LogP contribution in [-0.2, 0) is 19.9 Å². The number of amides is 2. The number of fused-ring (bicyclic) bond motifs is 3. The van der Waals surface area contributed by atoms with Crippen LogP contribution >= 0.6 is 0 Å². The normalized spacial score (nSPS) is 26.7. The molecule has 0 saturated carbocycles. The summed E-state index contributed by atoms with van der Waals surface area (Å²) in [6, 6.07) is 6.90. The summed E-state index contributed by atoms with van der Waals surface area (Å²) in [5.74, 6) is -1.03. The van der Waals surface area contributed by atoms with Gasteiger partial charge in [0.25, 0.3) is 11.8 Å². The van der Waals surface area contributed by atoms with Crippen molar-refractivity contribution in [1.82, 2.24) is 29.7 Å². The number of rotatable bonds is 7. The lowest BCUT2D eigenvalue weighted by Crippen LogP contribution is -2.46. The zero-order valence-corrected chi connectivity index (χ0v) is 20.0. The predicted molar refractivity (Wildman–Crippen MR) is 127 cm³/mol. The monoisotopic (exact) mass is 493 g/mol. The van der Waals surface area contributed by atoms with Gasteiger partial charge in [-0.25, -0.2) is 15.0 Å². The van der Waals surface area contributed by atoms with Crippen molar-refractivity contribution in [3.05, 3.63) is 48.0 Å². The molecule has 2 fully saturated rings. The number of ether oxygens (including phenoxy) is 3. The molecule has 0 unspecified atom stereocenters. The van der Waals surface area contributed by atoms with Crippen LogP contribution in [0.1, 0.15) is 41.0 Å². The first-order valence-electron chi connectivity index (χ1n) is 11.9. The highest BCUT2D eigenvalue weighted by Gasteiger charge is 2.62. The number of carbonyl (C=O) groups excluding carboxylic acids is 2. The number of carbonyl (C=O) groups is 2. The van der Waals surface area contributed by atoms with Gasteiger partial charge < -0.3 is 25.3 Å². The van der Waals surface area contributed by atoms with E-state index in [4.69, 9.17) is 19.9 Å². The van der Waals surface area contributed by atoms with Crippen molar-refractivity contribution in [3.8, 4) is 0 Å². The standard InChI is InChI=1S/C24H27N7O5/c1-23(2)35-18-16(10-26-8-5-9-30-21(32)14-6-3-4-7-15(14)22(30)33)34-11-24(18,36-23)31-13-29-17-19(25)27-12-28-20(17)31/h3-4,6-7,12-13,16,18,26H,5,8-11H2,1-2H3,(H2,25,27,28)/t16-,18-,24+/m1/s1. The SMILES string of the molecule is CC1(C)O[C@@H]2[C@@H](CNCCCN3C(=O)c4ccccc4C3=O)OC[C@]2(n2cnc3c(N)ncnc32)O1. The van der Waals surface area contributed by atoms with E-state index in [1.54, 1.807) is 30.6 Å². The molecule has 6 rings (SSSR count). The fourth-order valence-corrected chi connectivity index (χ4v) is 5.30. The molecule has 0 aliphatic carbocycles. The van der Waals surface area contributed by atoms with Gasteiger partial charge in [0, 0.05) is 13.1 Å². The number of hydrogen-bond donors (Lipinski definition) is 2. The fraction of sp³-hybridized carbons (Fsp3) is 0.458. The molecule has 3 aromatic rings. The summed E-state index contributed by atoms with van der Waals surface area (Å²) >= 11 is 0. The maximum absolute atomic E-state index is 12.5. The lowest BCUT2D eigenvalue weighted by atomic mass is 10.1. The van der Waals surface area contributed by atoms with E-state index in [-0.39, 0.29) is 24.5 Å². The third-order valence-electron chi connectivity index (χ3n) is 6.85. The number of nitrogens with zero attached hydrogens (tertiary/aromatic N) is 5. The Hall–Kier alpha value is -3.45. The molecule has 2 saturated heterocycles. The molecular weight excluding hydrogens is 466 g/mol. The minimum absolute atomic E-state index is 0.241. The Labute approximate surface area is 206 Å². The van der Waals surface area contributed by atoms with E-state index in [0.29, 0.717) is 54.2 Å². The molecular formula is C24H27N7O5. The molecule has 3 aliphatic rings. The van der Waals surface area contributed by atoms with E-state index in [1.807, 2.05) is 18.4 Å². The molecule has 0 bridgehead atoms. The fourth-order valence-electron chi connectivity index (χ4n) is 5.30. The molecule has 0 spiro atoms. The Morgan fingerprint density at radius 3 is 2.64 bits per heavy atom. The number of benzene rings is 1. The van der Waals surface area contributed by atoms with E-state index in [9.17, 15) is 9.59 Å². The van der Waals surface area contributed by atoms with Gasteiger partial charge in [-0.3, -0.25) is 19.1 Å². The summed E-state index contributed by atoms with van der Waals surface area (Å²) in [6.45, 7) is 5.40. The summed E-state index contributed by atoms with van der Waals surface area (Å²) in [4.78, 5) is 39.2. The topological polar surface area (TPSA) is 147 Å². The van der Waals surface area contributed by atoms with Gasteiger partial charge in [0.15, 0.2) is 17.3 Å². The second-order valence-electron chi connectivity index (χ2n) is 9.65. The number of nitrogens with two attached hydrogens (primary N) is 1. The third kappa shape index (κ3) is 3.48. The van der Waals surface area contributed by atoms with Crippen LogP contribution in [0.3, 0.4) is 0 Å². The highest BCUT2D eigenvalue weighted by atomic mass is 16.8. The van der Waals surface area contributed by atoms with E-state index >= 15 is 0 Å². The lowest BCUT2D eigenvalue weighted by Gasteiger charge is -2.28. The van der Waals surface area contributed by atoms with Crippen molar-refractivity contribution in [2.24, 2.45) is 0 Å². The molecule has 2 amide bonds. The Morgan fingerprint density at radius 1 is 1.14 bits per heavy atom. The Balaban J connectivity index is 1.10. The number of nitrogen functional groups attached to an aromatic ring is 1. The van der Waals surface area contributed by atoms with E-state index in [0.717, 1.165) is 0 Å². The largest absolute Gasteiger partial charge is 0.382 e. The average molecular weight is 494 g/mol. The first kappa shape index (κ1) is 23.0. The van der Waals surface area contributed by atoms with Crippen molar-refractivity contribution in [2.45, 2.75) is 44.0 Å². The van der Waals surface area contributed by atoms with Gasteiger partial charge in [0.05, 0.1) is 24.1 Å². The molecule has 3 atom stereocenters. The molecule has 36 heavy (non-hydrogen) atoms. The molecule has 2 aromatic heterocycles.